The molecule has 3 rings (SSSR count). The van der Waals surface area contributed by atoms with Crippen molar-refractivity contribution in [3.63, 3.8) is 0 Å². The van der Waals surface area contributed by atoms with Gasteiger partial charge in [0.1, 0.15) is 0 Å². The molecule has 4 heteroatoms. The number of aromatic nitrogens is 2. The van der Waals surface area contributed by atoms with E-state index < -0.39 is 0 Å². The van der Waals surface area contributed by atoms with Crippen LogP contribution in [-0.2, 0) is 18.3 Å². The standard InChI is InChI=1S/C16H27N3O/c1-4-20-15-9-14(16(15)7-5-6-8-16)17-10-13-11-19(3)18-12(13)2/h11,14-15,17H,4-10H2,1-3H3. The van der Waals surface area contributed by atoms with Gasteiger partial charge in [0.2, 0.25) is 0 Å². The molecule has 1 aromatic heterocycles. The van der Waals surface area contributed by atoms with Crippen LogP contribution in [0.5, 0.6) is 0 Å². The van der Waals surface area contributed by atoms with Crippen LogP contribution in [0.2, 0.25) is 0 Å². The third-order valence-corrected chi connectivity index (χ3v) is 5.34. The second-order valence-electron chi connectivity index (χ2n) is 6.47. The van der Waals surface area contributed by atoms with E-state index in [-0.39, 0.29) is 0 Å². The predicted molar refractivity (Wildman–Crippen MR) is 79.5 cm³/mol. The zero-order valence-electron chi connectivity index (χ0n) is 13.0. The van der Waals surface area contributed by atoms with Gasteiger partial charge in [0.15, 0.2) is 0 Å². The highest BCUT2D eigenvalue weighted by molar-refractivity contribution is 5.17. The minimum Gasteiger partial charge on any atom is -0.378 e. The molecule has 2 saturated carbocycles. The molecule has 20 heavy (non-hydrogen) atoms. The van der Waals surface area contributed by atoms with Gasteiger partial charge in [-0.1, -0.05) is 12.8 Å². The Morgan fingerprint density at radius 2 is 2.20 bits per heavy atom. The van der Waals surface area contributed by atoms with Gasteiger partial charge in [0.05, 0.1) is 11.8 Å². The Labute approximate surface area is 121 Å². The van der Waals surface area contributed by atoms with E-state index in [4.69, 9.17) is 4.74 Å². The Bertz CT molecular complexity index is 462. The number of nitrogens with one attached hydrogen (secondary N) is 1. The fraction of sp³-hybridized carbons (Fsp3) is 0.812. The molecular weight excluding hydrogens is 250 g/mol. The number of nitrogens with zero attached hydrogens (tertiary/aromatic N) is 2. The van der Waals surface area contributed by atoms with E-state index >= 15 is 0 Å². The first-order valence-corrected chi connectivity index (χ1v) is 8.00. The lowest BCUT2D eigenvalue weighted by Gasteiger charge is -2.54. The molecule has 2 aliphatic carbocycles. The Hall–Kier alpha value is -0.870. The van der Waals surface area contributed by atoms with Crippen LogP contribution in [0.1, 0.15) is 50.3 Å². The van der Waals surface area contributed by atoms with Gasteiger partial charge < -0.3 is 10.1 Å². The molecule has 2 aliphatic rings. The Kier molecular flexibility index (Phi) is 3.87. The molecule has 0 radical (unpaired) electrons. The van der Waals surface area contributed by atoms with Crippen LogP contribution in [-0.4, -0.2) is 28.5 Å². The summed E-state index contributed by atoms with van der Waals surface area (Å²) in [7, 11) is 1.99. The third kappa shape index (κ3) is 2.29. The topological polar surface area (TPSA) is 39.1 Å². The lowest BCUT2D eigenvalue weighted by molar-refractivity contribution is -0.130. The van der Waals surface area contributed by atoms with E-state index in [1.807, 2.05) is 11.7 Å². The van der Waals surface area contributed by atoms with Crippen molar-refractivity contribution >= 4 is 0 Å². The van der Waals surface area contributed by atoms with Gasteiger partial charge >= 0.3 is 0 Å². The van der Waals surface area contributed by atoms with E-state index in [1.54, 1.807) is 0 Å². The van der Waals surface area contributed by atoms with Gasteiger partial charge in [-0.3, -0.25) is 4.68 Å². The van der Waals surface area contributed by atoms with E-state index in [9.17, 15) is 0 Å². The highest BCUT2D eigenvalue weighted by Crippen LogP contribution is 2.54. The number of rotatable bonds is 5. The molecule has 1 aromatic rings. The molecule has 2 fully saturated rings. The lowest BCUT2D eigenvalue weighted by atomic mass is 9.60. The summed E-state index contributed by atoms with van der Waals surface area (Å²) in [5, 5.41) is 8.20. The van der Waals surface area contributed by atoms with Crippen molar-refractivity contribution in [1.29, 1.82) is 0 Å². The first kappa shape index (κ1) is 14.1. The van der Waals surface area contributed by atoms with Gasteiger partial charge in [0, 0.05) is 43.4 Å². The summed E-state index contributed by atoms with van der Waals surface area (Å²) in [6, 6.07) is 0.626. The number of hydrogen-bond acceptors (Lipinski definition) is 3. The number of ether oxygens (including phenoxy) is 1. The molecule has 1 spiro atoms. The minimum atomic E-state index is 0.423. The second-order valence-corrected chi connectivity index (χ2v) is 6.47. The van der Waals surface area contributed by atoms with Crippen LogP contribution in [0.15, 0.2) is 6.20 Å². The second kappa shape index (κ2) is 5.49. The normalized spacial score (nSPS) is 27.9. The summed E-state index contributed by atoms with van der Waals surface area (Å²) in [5.41, 5.74) is 2.88. The SMILES string of the molecule is CCOC1CC(NCc2cn(C)nc2C)C12CCCC2. The van der Waals surface area contributed by atoms with Gasteiger partial charge in [-0.15, -0.1) is 0 Å². The van der Waals surface area contributed by atoms with Crippen molar-refractivity contribution in [3.8, 4) is 0 Å². The van der Waals surface area contributed by atoms with Gasteiger partial charge in [-0.25, -0.2) is 0 Å². The van der Waals surface area contributed by atoms with Gasteiger partial charge in [0.25, 0.3) is 0 Å². The Morgan fingerprint density at radius 1 is 1.45 bits per heavy atom. The molecule has 4 nitrogen and oxygen atoms in total. The first-order valence-electron chi connectivity index (χ1n) is 8.00. The zero-order valence-corrected chi connectivity index (χ0v) is 13.0. The van der Waals surface area contributed by atoms with Crippen LogP contribution >= 0.6 is 0 Å². The highest BCUT2D eigenvalue weighted by Gasteiger charge is 2.56. The predicted octanol–water partition coefficient (Wildman–Crippen LogP) is 2.56. The summed E-state index contributed by atoms with van der Waals surface area (Å²) in [4.78, 5) is 0. The third-order valence-electron chi connectivity index (χ3n) is 5.34. The van der Waals surface area contributed by atoms with E-state index in [2.05, 4.69) is 30.5 Å². The maximum absolute atomic E-state index is 5.97. The highest BCUT2D eigenvalue weighted by atomic mass is 16.5. The summed E-state index contributed by atoms with van der Waals surface area (Å²) in [6.07, 6.45) is 9.20. The van der Waals surface area contributed by atoms with Crippen molar-refractivity contribution in [1.82, 2.24) is 15.1 Å². The Balaban J connectivity index is 1.62. The average molecular weight is 277 g/mol. The fourth-order valence-electron chi connectivity index (χ4n) is 4.23. The van der Waals surface area contributed by atoms with Crippen LogP contribution < -0.4 is 5.32 Å². The fourth-order valence-corrected chi connectivity index (χ4v) is 4.23. The van der Waals surface area contributed by atoms with Crippen molar-refractivity contribution in [2.45, 2.75) is 64.6 Å². The molecule has 0 bridgehead atoms. The molecule has 1 N–H and O–H groups in total. The number of hydrogen-bond donors (Lipinski definition) is 1. The van der Waals surface area contributed by atoms with E-state index in [0.29, 0.717) is 17.6 Å². The van der Waals surface area contributed by atoms with Crippen molar-refractivity contribution in [2.75, 3.05) is 6.61 Å². The maximum atomic E-state index is 5.97. The van der Waals surface area contributed by atoms with Crippen molar-refractivity contribution in [2.24, 2.45) is 12.5 Å². The van der Waals surface area contributed by atoms with Crippen molar-refractivity contribution < 1.29 is 4.74 Å². The molecule has 2 atom stereocenters. The molecule has 1 heterocycles. The number of aryl methyl sites for hydroxylation is 2. The van der Waals surface area contributed by atoms with Crippen LogP contribution in [0, 0.1) is 12.3 Å². The van der Waals surface area contributed by atoms with Gasteiger partial charge in [-0.2, -0.15) is 5.10 Å². The molecule has 112 valence electrons. The molecule has 0 aliphatic heterocycles. The van der Waals surface area contributed by atoms with Crippen LogP contribution in [0.4, 0.5) is 0 Å². The smallest absolute Gasteiger partial charge is 0.0661 e. The molecule has 2 unspecified atom stereocenters. The lowest BCUT2D eigenvalue weighted by Crippen LogP contribution is -2.62. The average Bonchev–Trinajstić information content (AvgIpc) is 3.02. The van der Waals surface area contributed by atoms with Crippen LogP contribution in [0.3, 0.4) is 0 Å². The summed E-state index contributed by atoms with van der Waals surface area (Å²) in [6.45, 7) is 5.99. The van der Waals surface area contributed by atoms with E-state index in [1.165, 1.54) is 37.7 Å². The molecule has 0 saturated heterocycles. The summed E-state index contributed by atoms with van der Waals surface area (Å²) in [5.74, 6) is 0. The quantitative estimate of drug-likeness (QED) is 0.899. The Morgan fingerprint density at radius 3 is 2.80 bits per heavy atom. The zero-order chi connectivity index (χ0) is 14.2. The van der Waals surface area contributed by atoms with Gasteiger partial charge in [-0.05, 0) is 33.1 Å². The van der Waals surface area contributed by atoms with Crippen LogP contribution in [0.25, 0.3) is 0 Å². The summed E-state index contributed by atoms with van der Waals surface area (Å²) >= 11 is 0. The van der Waals surface area contributed by atoms with E-state index in [0.717, 1.165) is 18.8 Å². The first-order chi connectivity index (χ1) is 9.65. The molecular formula is C16H27N3O. The minimum absolute atomic E-state index is 0.423. The monoisotopic (exact) mass is 277 g/mol. The molecule has 0 amide bonds. The van der Waals surface area contributed by atoms with Crippen molar-refractivity contribution in [3.05, 3.63) is 17.5 Å². The summed E-state index contributed by atoms with van der Waals surface area (Å²) < 4.78 is 7.87. The largest absolute Gasteiger partial charge is 0.378 e. The maximum Gasteiger partial charge on any atom is 0.0661 e. The molecule has 0 aromatic carbocycles.